The van der Waals surface area contributed by atoms with Crippen LogP contribution in [-0.4, -0.2) is 5.67 Å². The highest BCUT2D eigenvalue weighted by Crippen LogP contribution is 2.50. The van der Waals surface area contributed by atoms with E-state index in [0.717, 1.165) is 77.9 Å². The molecule has 0 nitrogen and oxygen atoms in total. The van der Waals surface area contributed by atoms with E-state index < -0.39 is 5.67 Å². The van der Waals surface area contributed by atoms with Gasteiger partial charge >= 0.3 is 0 Å². The van der Waals surface area contributed by atoms with Crippen molar-refractivity contribution in [2.45, 2.75) is 268 Å². The zero-order chi connectivity index (χ0) is 43.6. The Morgan fingerprint density at radius 3 is 0.796 bits per heavy atom. The van der Waals surface area contributed by atoms with Gasteiger partial charge in [-0.1, -0.05) is 223 Å². The smallest absolute Gasteiger partial charge is 0.111 e. The minimum Gasteiger partial charge on any atom is -0.244 e. The molecule has 1 heteroatoms. The number of alkyl halides is 1. The molecule has 0 N–H and O–H groups in total. The molecule has 0 spiro atoms. The maximum Gasteiger partial charge on any atom is 0.111 e. The Bertz CT molecular complexity index is 652. The lowest BCUT2D eigenvalue weighted by Gasteiger charge is -2.26. The quantitative estimate of drug-likeness (QED) is 0.165. The Kier molecular flexibility index (Phi) is 46.4. The number of hydrogen-bond acceptors (Lipinski definition) is 0. The molecule has 2 atom stereocenters. The zero-order valence-corrected chi connectivity index (χ0v) is 43.0. The molecule has 3 aliphatic rings. The summed E-state index contributed by atoms with van der Waals surface area (Å²) < 4.78 is 12.8. The van der Waals surface area contributed by atoms with Crippen molar-refractivity contribution in [3.05, 3.63) is 0 Å². The molecule has 3 aliphatic carbocycles. The summed E-state index contributed by atoms with van der Waals surface area (Å²) in [5.74, 6) is 11.3. The Morgan fingerprint density at radius 2 is 0.741 bits per heavy atom. The van der Waals surface area contributed by atoms with Gasteiger partial charge in [0, 0.05) is 0 Å². The summed E-state index contributed by atoms with van der Waals surface area (Å²) in [5, 5.41) is 0. The zero-order valence-electron chi connectivity index (χ0n) is 43.0. The Labute approximate surface area is 348 Å². The first kappa shape index (κ1) is 63.1. The Morgan fingerprint density at radius 1 is 0.444 bits per heavy atom. The van der Waals surface area contributed by atoms with Crippen LogP contribution >= 0.6 is 0 Å². The van der Waals surface area contributed by atoms with E-state index in [4.69, 9.17) is 0 Å². The molecule has 0 aromatic heterocycles. The van der Waals surface area contributed by atoms with Crippen LogP contribution in [0, 0.1) is 76.9 Å². The van der Waals surface area contributed by atoms with Crippen LogP contribution in [0.1, 0.15) is 262 Å². The number of rotatable bonds is 14. The molecule has 0 aromatic rings. The fourth-order valence-electron chi connectivity index (χ4n) is 5.83. The minimum absolute atomic E-state index is 0.373. The van der Waals surface area contributed by atoms with E-state index in [-0.39, 0.29) is 0 Å². The van der Waals surface area contributed by atoms with Gasteiger partial charge in [-0.15, -0.1) is 0 Å². The number of hydrogen-bond donors (Lipinski definition) is 0. The average molecular weight is 772 g/mol. The first-order valence-electron chi connectivity index (χ1n) is 24.4. The standard InChI is InChI=1S/C8H15F.C8H16.C7H14.C7H16.3C6H14.C5H12/c1-6(2)4-7-5-8(7,3)9;1-7(2)6-8-4-3-5-8;1-6(2)5-7-3-4-7;1-6(2)5-7(3)4;1-5(2)6(3)4;2*1-4-5-6(2)3;1-4-5(2)3/h6-7H,4-5H2,1-3H3;7-8H,3-6H2,1-2H3;6-7H,3-5H2,1-2H3;6-7H,5H2,1-4H3;5-6H,1-4H3;2*6H,4-5H2,1-3H3;5H,4H2,1-3H3. The first-order valence-corrected chi connectivity index (χ1v) is 24.4. The van der Waals surface area contributed by atoms with E-state index in [1.165, 1.54) is 83.5 Å². The maximum atomic E-state index is 12.8. The lowest BCUT2D eigenvalue weighted by atomic mass is 9.80. The highest BCUT2D eigenvalue weighted by molar-refractivity contribution is 5.00. The van der Waals surface area contributed by atoms with Crippen molar-refractivity contribution in [1.29, 1.82) is 0 Å². The van der Waals surface area contributed by atoms with Crippen molar-refractivity contribution in [3.8, 4) is 0 Å². The van der Waals surface area contributed by atoms with Gasteiger partial charge in [-0.25, -0.2) is 4.39 Å². The predicted molar refractivity (Wildman–Crippen MR) is 255 cm³/mol. The molecule has 0 aromatic carbocycles. The van der Waals surface area contributed by atoms with Gasteiger partial charge in [-0.2, -0.15) is 0 Å². The Balaban J connectivity index is -0.000000171. The molecule has 0 aliphatic heterocycles. The van der Waals surface area contributed by atoms with Crippen molar-refractivity contribution in [2.24, 2.45) is 76.9 Å². The van der Waals surface area contributed by atoms with Gasteiger partial charge in [0.2, 0.25) is 0 Å². The maximum absolute atomic E-state index is 12.8. The second-order valence-electron chi connectivity index (χ2n) is 22.0. The van der Waals surface area contributed by atoms with Crippen LogP contribution in [0.5, 0.6) is 0 Å². The molecule has 0 bridgehead atoms. The monoisotopic (exact) mass is 771 g/mol. The molecule has 3 saturated carbocycles. The summed E-state index contributed by atoms with van der Waals surface area (Å²) in [5.41, 5.74) is -0.801. The summed E-state index contributed by atoms with van der Waals surface area (Å²) >= 11 is 0. The van der Waals surface area contributed by atoms with Gasteiger partial charge in [0.15, 0.2) is 0 Å². The molecule has 2 unspecified atom stereocenters. The molecule has 0 radical (unpaired) electrons. The van der Waals surface area contributed by atoms with Crippen LogP contribution in [0.2, 0.25) is 0 Å². The van der Waals surface area contributed by atoms with E-state index in [1.807, 2.05) is 0 Å². The SMILES string of the molecule is CC(C)C(C)C.CC(C)CC(C)C.CC(C)CC1CC1.CC(C)CC1CC1(C)F.CC(C)CC1CCC1.CCC(C)C.CCCC(C)C.CCCC(C)C. The molecule has 334 valence electrons. The van der Waals surface area contributed by atoms with Crippen LogP contribution in [0.3, 0.4) is 0 Å². The third-order valence-corrected chi connectivity index (χ3v) is 10.4. The summed E-state index contributed by atoms with van der Waals surface area (Å²) in [6.45, 7) is 53.4. The normalized spacial score (nSPS) is 18.6. The second-order valence-corrected chi connectivity index (χ2v) is 22.0. The van der Waals surface area contributed by atoms with Crippen LogP contribution < -0.4 is 0 Å². The van der Waals surface area contributed by atoms with E-state index in [9.17, 15) is 4.39 Å². The van der Waals surface area contributed by atoms with E-state index in [0.29, 0.717) is 11.8 Å². The third-order valence-electron chi connectivity index (χ3n) is 10.4. The summed E-state index contributed by atoms with van der Waals surface area (Å²) in [4.78, 5) is 0. The van der Waals surface area contributed by atoms with Gasteiger partial charge in [0.05, 0.1) is 0 Å². The van der Waals surface area contributed by atoms with Crippen molar-refractivity contribution >= 4 is 0 Å². The fourth-order valence-corrected chi connectivity index (χ4v) is 5.83. The second kappa shape index (κ2) is 39.7. The van der Waals surface area contributed by atoms with Gasteiger partial charge in [0.1, 0.15) is 5.67 Å². The number of halogens is 1. The van der Waals surface area contributed by atoms with E-state index in [2.05, 4.69) is 159 Å². The topological polar surface area (TPSA) is 0 Å². The predicted octanol–water partition coefficient (Wildman–Crippen LogP) is 20.0. The summed E-state index contributed by atoms with van der Waals surface area (Å²) in [7, 11) is 0. The van der Waals surface area contributed by atoms with Crippen LogP contribution in [-0.2, 0) is 0 Å². The highest BCUT2D eigenvalue weighted by Gasteiger charge is 2.50. The molecule has 3 fully saturated rings. The van der Waals surface area contributed by atoms with Gasteiger partial charge in [-0.05, 0) is 116 Å². The van der Waals surface area contributed by atoms with Crippen molar-refractivity contribution in [2.75, 3.05) is 0 Å². The molecular formula is C53H115F. The van der Waals surface area contributed by atoms with Crippen LogP contribution in [0.25, 0.3) is 0 Å². The van der Waals surface area contributed by atoms with Crippen molar-refractivity contribution < 1.29 is 4.39 Å². The molecular weight excluding hydrogens is 656 g/mol. The lowest BCUT2D eigenvalue weighted by molar-refractivity contribution is 0.264. The van der Waals surface area contributed by atoms with Crippen molar-refractivity contribution in [3.63, 3.8) is 0 Å². The van der Waals surface area contributed by atoms with Crippen LogP contribution in [0.15, 0.2) is 0 Å². The highest BCUT2D eigenvalue weighted by atomic mass is 19.1. The van der Waals surface area contributed by atoms with Crippen molar-refractivity contribution in [1.82, 2.24) is 0 Å². The Hall–Kier alpha value is -0.0700. The average Bonchev–Trinajstić information content (AvgIpc) is 3.89. The van der Waals surface area contributed by atoms with E-state index in [1.54, 1.807) is 6.92 Å². The van der Waals surface area contributed by atoms with Gasteiger partial charge in [-0.3, -0.25) is 0 Å². The fraction of sp³-hybridized carbons (Fsp3) is 1.00. The molecule has 0 saturated heterocycles. The molecule has 54 heavy (non-hydrogen) atoms. The van der Waals surface area contributed by atoms with Crippen LogP contribution in [0.4, 0.5) is 4.39 Å². The summed E-state index contributed by atoms with van der Waals surface area (Å²) in [6.07, 6.45) is 20.4. The molecule has 3 rings (SSSR count). The molecule has 0 heterocycles. The lowest BCUT2D eigenvalue weighted by Crippen LogP contribution is -2.12. The first-order chi connectivity index (χ1) is 24.7. The minimum atomic E-state index is -0.801. The molecule has 0 amide bonds. The van der Waals surface area contributed by atoms with Gasteiger partial charge in [0.25, 0.3) is 0 Å². The largest absolute Gasteiger partial charge is 0.244 e. The third kappa shape index (κ3) is 63.9. The van der Waals surface area contributed by atoms with E-state index >= 15 is 0 Å². The van der Waals surface area contributed by atoms with Gasteiger partial charge < -0.3 is 0 Å². The summed E-state index contributed by atoms with van der Waals surface area (Å²) in [6, 6.07) is 0.